The minimum atomic E-state index is -0.497. The number of phenols is 1. The van der Waals surface area contributed by atoms with Crippen molar-refractivity contribution in [2.24, 2.45) is 0 Å². The van der Waals surface area contributed by atoms with Crippen LogP contribution in [0.5, 0.6) is 5.75 Å². The Bertz CT molecular complexity index is 588. The Morgan fingerprint density at radius 2 is 1.80 bits per heavy atom. The van der Waals surface area contributed by atoms with E-state index in [1.807, 2.05) is 36.4 Å². The monoisotopic (exact) mass is 270 g/mol. The number of aromatic hydroxyl groups is 1. The zero-order valence-corrected chi connectivity index (χ0v) is 11.7. The molecule has 3 heteroatoms. The molecule has 0 spiro atoms. The fourth-order valence-electron chi connectivity index (χ4n) is 1.97. The molecule has 20 heavy (non-hydrogen) atoms. The van der Waals surface area contributed by atoms with E-state index in [0.717, 1.165) is 11.1 Å². The van der Waals surface area contributed by atoms with E-state index in [2.05, 4.69) is 0 Å². The first kappa shape index (κ1) is 14.1. The van der Waals surface area contributed by atoms with Crippen molar-refractivity contribution in [1.29, 1.82) is 0 Å². The molecule has 0 bridgehead atoms. The number of carbonyl (C=O) groups excluding carboxylic acids is 1. The second kappa shape index (κ2) is 6.24. The van der Waals surface area contributed by atoms with Gasteiger partial charge in [-0.2, -0.15) is 0 Å². The Morgan fingerprint density at radius 3 is 2.40 bits per heavy atom. The summed E-state index contributed by atoms with van der Waals surface area (Å²) in [7, 11) is 0. The van der Waals surface area contributed by atoms with Crippen LogP contribution in [0.3, 0.4) is 0 Å². The van der Waals surface area contributed by atoms with Crippen LogP contribution in [0.25, 0.3) is 0 Å². The first-order valence-electron chi connectivity index (χ1n) is 6.63. The van der Waals surface area contributed by atoms with E-state index in [0.29, 0.717) is 6.42 Å². The summed E-state index contributed by atoms with van der Waals surface area (Å²) >= 11 is 0. The van der Waals surface area contributed by atoms with Gasteiger partial charge >= 0.3 is 5.97 Å². The van der Waals surface area contributed by atoms with Crippen molar-refractivity contribution in [2.75, 3.05) is 0 Å². The molecule has 0 fully saturated rings. The van der Waals surface area contributed by atoms with Gasteiger partial charge in [-0.05, 0) is 43.5 Å². The predicted molar refractivity (Wildman–Crippen MR) is 77.9 cm³/mol. The van der Waals surface area contributed by atoms with Crippen LogP contribution in [0.1, 0.15) is 35.3 Å². The van der Waals surface area contributed by atoms with Crippen molar-refractivity contribution in [3.05, 3.63) is 65.2 Å². The van der Waals surface area contributed by atoms with Gasteiger partial charge < -0.3 is 9.84 Å². The number of phenolic OH excluding ortho intramolecular Hbond substituents is 1. The Balaban J connectivity index is 2.15. The summed E-state index contributed by atoms with van der Waals surface area (Å²) in [5, 5.41) is 9.95. The summed E-state index contributed by atoms with van der Waals surface area (Å²) in [5.41, 5.74) is 2.31. The van der Waals surface area contributed by atoms with Crippen LogP contribution in [0, 0.1) is 0 Å². The normalized spacial score (nSPS) is 10.6. The second-order valence-corrected chi connectivity index (χ2v) is 4.97. The zero-order chi connectivity index (χ0) is 14.5. The summed E-state index contributed by atoms with van der Waals surface area (Å²) in [4.78, 5) is 11.8. The average Bonchev–Trinajstić information content (AvgIpc) is 2.39. The van der Waals surface area contributed by atoms with E-state index in [1.165, 1.54) is 0 Å². The highest BCUT2D eigenvalue weighted by Crippen LogP contribution is 2.22. The van der Waals surface area contributed by atoms with Crippen LogP contribution in [-0.2, 0) is 11.2 Å². The molecule has 3 nitrogen and oxygen atoms in total. The molecule has 0 saturated heterocycles. The highest BCUT2D eigenvalue weighted by Gasteiger charge is 2.14. The predicted octanol–water partition coefficient (Wildman–Crippen LogP) is 3.55. The quantitative estimate of drug-likeness (QED) is 0.864. The molecular formula is C17H18O3. The molecule has 104 valence electrons. The van der Waals surface area contributed by atoms with Gasteiger partial charge in [0.25, 0.3) is 0 Å². The van der Waals surface area contributed by atoms with Gasteiger partial charge in [0.2, 0.25) is 0 Å². The third-order valence-electron chi connectivity index (χ3n) is 2.88. The topological polar surface area (TPSA) is 46.5 Å². The number of benzene rings is 2. The third-order valence-corrected chi connectivity index (χ3v) is 2.88. The number of hydrogen-bond donors (Lipinski definition) is 1. The Labute approximate surface area is 118 Å². The van der Waals surface area contributed by atoms with Gasteiger partial charge in [-0.1, -0.05) is 36.4 Å². The van der Waals surface area contributed by atoms with Gasteiger partial charge in [0.05, 0.1) is 6.10 Å². The van der Waals surface area contributed by atoms with E-state index in [-0.39, 0.29) is 17.4 Å². The maximum absolute atomic E-state index is 11.8. The van der Waals surface area contributed by atoms with Gasteiger partial charge in [0, 0.05) is 0 Å². The molecule has 0 aromatic heterocycles. The maximum Gasteiger partial charge on any atom is 0.342 e. The van der Waals surface area contributed by atoms with Gasteiger partial charge in [0.1, 0.15) is 11.3 Å². The molecule has 2 aromatic rings. The van der Waals surface area contributed by atoms with Crippen LogP contribution in [-0.4, -0.2) is 17.2 Å². The van der Waals surface area contributed by atoms with E-state index in [1.54, 1.807) is 26.0 Å². The largest absolute Gasteiger partial charge is 0.507 e. The van der Waals surface area contributed by atoms with E-state index >= 15 is 0 Å². The lowest BCUT2D eigenvalue weighted by molar-refractivity contribution is 0.0374. The Kier molecular flexibility index (Phi) is 4.41. The van der Waals surface area contributed by atoms with E-state index in [9.17, 15) is 9.90 Å². The number of ether oxygens (including phenoxy) is 1. The van der Waals surface area contributed by atoms with Crippen LogP contribution in [0.4, 0.5) is 0 Å². The summed E-state index contributed by atoms with van der Waals surface area (Å²) in [6.07, 6.45) is 0.513. The molecule has 0 radical (unpaired) electrons. The molecule has 0 aliphatic heterocycles. The lowest BCUT2D eigenvalue weighted by Gasteiger charge is -2.10. The maximum atomic E-state index is 11.8. The number of esters is 1. The lowest BCUT2D eigenvalue weighted by Crippen LogP contribution is -2.11. The number of rotatable bonds is 4. The van der Waals surface area contributed by atoms with Crippen molar-refractivity contribution in [3.63, 3.8) is 0 Å². The molecule has 2 rings (SSSR count). The zero-order valence-electron chi connectivity index (χ0n) is 11.7. The highest BCUT2D eigenvalue weighted by atomic mass is 16.5. The van der Waals surface area contributed by atoms with Crippen molar-refractivity contribution in [3.8, 4) is 5.75 Å². The Morgan fingerprint density at radius 1 is 1.10 bits per heavy atom. The number of carbonyl (C=O) groups is 1. The van der Waals surface area contributed by atoms with Gasteiger partial charge in [-0.15, -0.1) is 0 Å². The minimum absolute atomic E-state index is 0.0379. The molecule has 2 aromatic carbocycles. The fourth-order valence-corrected chi connectivity index (χ4v) is 1.97. The lowest BCUT2D eigenvalue weighted by atomic mass is 10.0. The summed E-state index contributed by atoms with van der Waals surface area (Å²) < 4.78 is 5.08. The standard InChI is InChI=1S/C17H18O3/c1-12(2)20-17(19)15-9-8-14(11-16(15)18)10-13-6-4-3-5-7-13/h3-9,11-12,18H,10H2,1-2H3. The molecule has 0 aliphatic rings. The average molecular weight is 270 g/mol. The summed E-state index contributed by atoms with van der Waals surface area (Å²) in [5.74, 6) is -0.534. The van der Waals surface area contributed by atoms with Crippen LogP contribution < -0.4 is 0 Å². The molecule has 0 atom stereocenters. The molecule has 0 unspecified atom stereocenters. The molecule has 1 N–H and O–H groups in total. The molecule has 0 saturated carbocycles. The van der Waals surface area contributed by atoms with Crippen LogP contribution in [0.2, 0.25) is 0 Å². The minimum Gasteiger partial charge on any atom is -0.507 e. The first-order valence-corrected chi connectivity index (χ1v) is 6.63. The molecule has 0 heterocycles. The molecule has 0 aliphatic carbocycles. The molecular weight excluding hydrogens is 252 g/mol. The van der Waals surface area contributed by atoms with Gasteiger partial charge in [0.15, 0.2) is 0 Å². The van der Waals surface area contributed by atoms with Crippen molar-refractivity contribution >= 4 is 5.97 Å². The number of hydrogen-bond acceptors (Lipinski definition) is 3. The third kappa shape index (κ3) is 3.60. The fraction of sp³-hybridized carbons (Fsp3) is 0.235. The van der Waals surface area contributed by atoms with Crippen molar-refractivity contribution in [1.82, 2.24) is 0 Å². The first-order chi connectivity index (χ1) is 9.56. The van der Waals surface area contributed by atoms with Crippen molar-refractivity contribution < 1.29 is 14.6 Å². The molecule has 0 amide bonds. The van der Waals surface area contributed by atoms with Gasteiger partial charge in [-0.25, -0.2) is 4.79 Å². The smallest absolute Gasteiger partial charge is 0.342 e. The van der Waals surface area contributed by atoms with E-state index < -0.39 is 5.97 Å². The van der Waals surface area contributed by atoms with Crippen molar-refractivity contribution in [2.45, 2.75) is 26.4 Å². The Hall–Kier alpha value is -2.29. The SMILES string of the molecule is CC(C)OC(=O)c1ccc(Cc2ccccc2)cc1O. The highest BCUT2D eigenvalue weighted by molar-refractivity contribution is 5.92. The second-order valence-electron chi connectivity index (χ2n) is 4.97. The van der Waals surface area contributed by atoms with Gasteiger partial charge in [-0.3, -0.25) is 0 Å². The summed E-state index contributed by atoms with van der Waals surface area (Å²) in [6.45, 7) is 3.55. The summed E-state index contributed by atoms with van der Waals surface area (Å²) in [6, 6.07) is 15.0. The van der Waals surface area contributed by atoms with Crippen LogP contribution in [0.15, 0.2) is 48.5 Å². The van der Waals surface area contributed by atoms with Crippen LogP contribution >= 0.6 is 0 Å². The van der Waals surface area contributed by atoms with E-state index in [4.69, 9.17) is 4.74 Å².